The second-order valence-corrected chi connectivity index (χ2v) is 24.8. The number of nitrogens with one attached hydrogen (secondary N) is 3. The van der Waals surface area contributed by atoms with Crippen molar-refractivity contribution >= 4 is 89.8 Å². The molecule has 0 saturated carbocycles. The SMILES string of the molecule is Cc1cn([C@H]2C[C@@H](OP(O)(=S)OCC(C)C)[C@@H](COP(O)(=S)O[C@@H]3C[C@H](n4cnc5c(=O)[nH]c(N)nc54)O[C@@H]3COP(O)(=S)O[C@@H]3C[C@H](n4cnc5c(=O)[nH]c(N)nc54)O[C@@H]3CO)O2)c(=O)[nH]c1=O. The third kappa shape index (κ3) is 11.9. The molecule has 3 fully saturated rings. The summed E-state index contributed by atoms with van der Waals surface area (Å²) >= 11 is 16.1. The highest BCUT2D eigenvalue weighted by Crippen LogP contribution is 2.54. The van der Waals surface area contributed by atoms with Crippen LogP contribution >= 0.6 is 20.2 Å². The number of fused-ring (bicyclic) bond motifs is 2. The average Bonchev–Trinajstić information content (AvgIpc) is 4.10. The lowest BCUT2D eigenvalue weighted by molar-refractivity contribution is -0.0538. The third-order valence-electron chi connectivity index (χ3n) is 10.9. The summed E-state index contributed by atoms with van der Waals surface area (Å²) in [4.78, 5) is 107. The largest absolute Gasteiger partial charge is 0.394 e. The number of hydrogen-bond acceptors (Lipinski definition) is 23. The van der Waals surface area contributed by atoms with Crippen LogP contribution in [0.15, 0.2) is 38.0 Å². The number of nitrogens with two attached hydrogens (primary N) is 2. The molecule has 8 heterocycles. The van der Waals surface area contributed by atoms with E-state index in [1.54, 1.807) is 0 Å². The molecule has 35 heteroatoms. The van der Waals surface area contributed by atoms with Crippen molar-refractivity contribution in [3.63, 3.8) is 0 Å². The minimum atomic E-state index is -4.35. The number of nitrogen functional groups attached to an aromatic ring is 2. The van der Waals surface area contributed by atoms with Crippen LogP contribution in [0, 0.1) is 12.8 Å². The molecule has 0 aliphatic carbocycles. The van der Waals surface area contributed by atoms with Gasteiger partial charge in [-0.2, -0.15) is 9.97 Å². The molecule has 3 saturated heterocycles. The van der Waals surface area contributed by atoms with Crippen LogP contribution in [0.2, 0.25) is 0 Å². The summed E-state index contributed by atoms with van der Waals surface area (Å²) in [6.45, 7) is -8.94. The number of aryl methyl sites for hydroxylation is 1. The predicted molar refractivity (Wildman–Crippen MR) is 251 cm³/mol. The maximum absolute atomic E-state index is 12.8. The zero-order valence-electron chi connectivity index (χ0n) is 36.4. The summed E-state index contributed by atoms with van der Waals surface area (Å²) in [5, 5.41) is 10.2. The second-order valence-electron chi connectivity index (χ2n) is 16.4. The lowest BCUT2D eigenvalue weighted by Crippen LogP contribution is -2.33. The number of ether oxygens (including phenoxy) is 3. The van der Waals surface area contributed by atoms with Gasteiger partial charge in [-0.3, -0.25) is 43.0 Å². The van der Waals surface area contributed by atoms with Gasteiger partial charge in [0.05, 0.1) is 57.4 Å². The number of aliphatic hydroxyl groups is 1. The van der Waals surface area contributed by atoms with Crippen LogP contribution in [0.5, 0.6) is 0 Å². The normalized spacial score (nSPS) is 27.9. The monoisotopic (exact) mass is 1080 g/mol. The van der Waals surface area contributed by atoms with E-state index in [1.165, 1.54) is 34.9 Å². The Labute approximate surface area is 403 Å². The topological polar surface area (TPSA) is 398 Å². The number of anilines is 2. The van der Waals surface area contributed by atoms with Crippen LogP contribution in [0.1, 0.15) is 57.4 Å². The van der Waals surface area contributed by atoms with Crippen molar-refractivity contribution in [2.75, 3.05) is 37.9 Å². The van der Waals surface area contributed by atoms with Crippen molar-refractivity contribution in [1.82, 2.24) is 48.6 Å². The van der Waals surface area contributed by atoms with Crippen LogP contribution in [-0.4, -0.2) is 131 Å². The molecule has 0 aromatic carbocycles. The molecule has 0 amide bonds. The van der Waals surface area contributed by atoms with Gasteiger partial charge in [-0.15, -0.1) is 0 Å². The molecule has 3 unspecified atom stereocenters. The highest BCUT2D eigenvalue weighted by Gasteiger charge is 2.46. The van der Waals surface area contributed by atoms with Crippen LogP contribution < -0.4 is 33.8 Å². The molecular formula is C34H47N12O17P3S3. The number of H-pyrrole nitrogens is 3. The van der Waals surface area contributed by atoms with Crippen molar-refractivity contribution in [1.29, 1.82) is 0 Å². The van der Waals surface area contributed by atoms with Crippen LogP contribution in [0.3, 0.4) is 0 Å². The molecule has 378 valence electrons. The minimum absolute atomic E-state index is 0.0150. The predicted octanol–water partition coefficient (Wildman–Crippen LogP) is -0.358. The molecule has 12 atom stereocenters. The lowest BCUT2D eigenvalue weighted by Gasteiger charge is -2.27. The molecular weight excluding hydrogens is 1040 g/mol. The van der Waals surface area contributed by atoms with Gasteiger partial charge in [0.15, 0.2) is 22.3 Å². The zero-order chi connectivity index (χ0) is 49.7. The highest BCUT2D eigenvalue weighted by molar-refractivity contribution is 8.07. The van der Waals surface area contributed by atoms with Gasteiger partial charge in [0.1, 0.15) is 37.0 Å². The molecule has 3 aliphatic heterocycles. The Bertz CT molecular complexity index is 3110. The molecule has 0 radical (unpaired) electrons. The first-order valence-electron chi connectivity index (χ1n) is 20.8. The molecule has 69 heavy (non-hydrogen) atoms. The summed E-state index contributed by atoms with van der Waals surface area (Å²) in [6, 6.07) is 0. The first-order valence-corrected chi connectivity index (χ1v) is 28.6. The summed E-state index contributed by atoms with van der Waals surface area (Å²) in [5.41, 5.74) is 9.23. The summed E-state index contributed by atoms with van der Waals surface area (Å²) in [5.74, 6) is -0.397. The van der Waals surface area contributed by atoms with Gasteiger partial charge in [0.25, 0.3) is 16.7 Å². The lowest BCUT2D eigenvalue weighted by atomic mass is 10.2. The number of imidazole rings is 2. The highest BCUT2D eigenvalue weighted by atomic mass is 32.5. The van der Waals surface area contributed by atoms with Crippen molar-refractivity contribution < 1.29 is 61.1 Å². The molecule has 0 bridgehead atoms. The van der Waals surface area contributed by atoms with Crippen molar-refractivity contribution in [2.45, 2.75) is 95.3 Å². The van der Waals surface area contributed by atoms with E-state index in [0.717, 1.165) is 4.57 Å². The van der Waals surface area contributed by atoms with Crippen molar-refractivity contribution in [3.8, 4) is 0 Å². The molecule has 3 aliphatic rings. The summed E-state index contributed by atoms with van der Waals surface area (Å²) < 4.78 is 57.1. The van der Waals surface area contributed by atoms with E-state index in [1.807, 2.05) is 13.8 Å². The molecule has 0 spiro atoms. The van der Waals surface area contributed by atoms with Crippen LogP contribution in [0.4, 0.5) is 11.9 Å². The smallest absolute Gasteiger partial charge is 0.330 e. The maximum Gasteiger partial charge on any atom is 0.330 e. The number of hydrogen-bond donors (Lipinski definition) is 9. The summed E-state index contributed by atoms with van der Waals surface area (Å²) in [6.07, 6.45) is -6.15. The third-order valence-corrected chi connectivity index (χ3v) is 15.6. The first kappa shape index (κ1) is 51.8. The number of aliphatic hydroxyl groups excluding tert-OH is 1. The first-order chi connectivity index (χ1) is 32.5. The van der Waals surface area contributed by atoms with Crippen LogP contribution in [-0.2, 0) is 76.8 Å². The minimum Gasteiger partial charge on any atom is -0.394 e. The number of rotatable bonds is 19. The summed E-state index contributed by atoms with van der Waals surface area (Å²) in [7, 11) is 0. The fraction of sp³-hybridized carbons (Fsp3) is 0.588. The Balaban J connectivity index is 0.990. The van der Waals surface area contributed by atoms with Gasteiger partial charge in [-0.25, -0.2) is 14.8 Å². The maximum atomic E-state index is 12.8. The van der Waals surface area contributed by atoms with Gasteiger partial charge >= 0.3 is 25.8 Å². The Morgan fingerprint density at radius 1 is 0.696 bits per heavy atom. The van der Waals surface area contributed by atoms with Gasteiger partial charge in [-0.05, 0) is 48.3 Å². The quantitative estimate of drug-likeness (QED) is 0.0477. The molecule has 8 rings (SSSR count). The van der Waals surface area contributed by atoms with Crippen molar-refractivity contribution in [2.24, 2.45) is 5.92 Å². The standard InChI is InChI=1S/C34H47N12O17P3S3/c1-14(2)9-55-64(52,67)62-17-5-22(44-7-15(3)29(48)43-34(44)51)59-20(17)10-57-66(54,69)63-18-6-24(46-13-38-26-28(46)40-33(36)42-31(26)50)60-21(18)11-56-65(53,68)61-16-4-23(58-19(16)8-47)45-12-37-25-27(45)39-32(35)41-30(25)49/h7,12-14,16-24,47H,4-6,8-11H2,1-3H3,(H,52,67)(H,53,68)(H,54,69)(H,43,48,51)(H3,35,39,41,49)(H3,36,40,42,50)/t16-,17-,18-,19-,20-,21-,22-,23-,24-,64?,65?,66?/m1/s1. The van der Waals surface area contributed by atoms with Gasteiger partial charge in [-0.1, -0.05) is 13.8 Å². The number of nitrogens with zero attached hydrogens (tertiary/aromatic N) is 7. The van der Waals surface area contributed by atoms with Gasteiger partial charge in [0.2, 0.25) is 11.9 Å². The fourth-order valence-corrected chi connectivity index (χ4v) is 12.3. The Kier molecular flexibility index (Phi) is 15.4. The second kappa shape index (κ2) is 20.5. The Morgan fingerprint density at radius 3 is 1.57 bits per heavy atom. The van der Waals surface area contributed by atoms with Gasteiger partial charge < -0.3 is 72.6 Å². The van der Waals surface area contributed by atoms with E-state index in [0.29, 0.717) is 0 Å². The fourth-order valence-electron chi connectivity index (χ4n) is 7.70. The van der Waals surface area contributed by atoms with Gasteiger partial charge in [0, 0.05) is 31.0 Å². The molecule has 5 aromatic rings. The molecule has 29 nitrogen and oxygen atoms in total. The average molecular weight is 1080 g/mol. The van der Waals surface area contributed by atoms with Crippen molar-refractivity contribution in [3.05, 3.63) is 66.0 Å². The molecule has 11 N–H and O–H groups in total. The number of aromatic amines is 3. The van der Waals surface area contributed by atoms with E-state index in [-0.39, 0.29) is 71.6 Å². The Hall–Kier alpha value is -3.59. The number of aromatic nitrogens is 10. The van der Waals surface area contributed by atoms with Crippen LogP contribution in [0.25, 0.3) is 22.3 Å². The Morgan fingerprint density at radius 2 is 1.12 bits per heavy atom. The van der Waals surface area contributed by atoms with E-state index in [2.05, 4.69) is 34.9 Å². The van der Waals surface area contributed by atoms with E-state index >= 15 is 0 Å². The zero-order valence-corrected chi connectivity index (χ0v) is 41.5. The van der Waals surface area contributed by atoms with E-state index < -0.39 is 118 Å². The van der Waals surface area contributed by atoms with E-state index in [4.69, 9.17) is 88.2 Å². The molecule has 5 aromatic heterocycles. The van der Waals surface area contributed by atoms with E-state index in [9.17, 15) is 39.0 Å².